The lowest BCUT2D eigenvalue weighted by molar-refractivity contribution is 1.29. The van der Waals surface area contributed by atoms with E-state index in [1.54, 1.807) is 11.8 Å². The third-order valence-electron chi connectivity index (χ3n) is 2.29. The standard InChI is InChI=1S/C13H12BrNS/c1-9-5-4-7-11(15)13(9)16-12-8-3-2-6-10(12)14/h2-8H,15H2,1H3. The van der Waals surface area contributed by atoms with Crippen molar-refractivity contribution in [2.45, 2.75) is 16.7 Å². The van der Waals surface area contributed by atoms with Crippen LogP contribution < -0.4 is 5.73 Å². The van der Waals surface area contributed by atoms with Crippen molar-refractivity contribution in [1.82, 2.24) is 0 Å². The van der Waals surface area contributed by atoms with Crippen LogP contribution in [0.1, 0.15) is 5.56 Å². The summed E-state index contributed by atoms with van der Waals surface area (Å²) >= 11 is 5.24. The Labute approximate surface area is 108 Å². The second kappa shape index (κ2) is 4.93. The van der Waals surface area contributed by atoms with Gasteiger partial charge in [-0.25, -0.2) is 0 Å². The van der Waals surface area contributed by atoms with E-state index in [1.165, 1.54) is 10.5 Å². The van der Waals surface area contributed by atoms with Gasteiger partial charge in [-0.2, -0.15) is 0 Å². The molecule has 0 spiro atoms. The molecule has 0 aliphatic rings. The van der Waals surface area contributed by atoms with Crippen LogP contribution in [-0.2, 0) is 0 Å². The van der Waals surface area contributed by atoms with Gasteiger partial charge >= 0.3 is 0 Å². The molecular weight excluding hydrogens is 282 g/mol. The summed E-state index contributed by atoms with van der Waals surface area (Å²) in [5, 5.41) is 0. The van der Waals surface area contributed by atoms with Crippen molar-refractivity contribution in [2.24, 2.45) is 0 Å². The van der Waals surface area contributed by atoms with Gasteiger partial charge in [-0.05, 0) is 46.6 Å². The highest BCUT2D eigenvalue weighted by atomic mass is 79.9. The lowest BCUT2D eigenvalue weighted by atomic mass is 10.2. The molecule has 0 amide bonds. The number of aryl methyl sites for hydroxylation is 1. The molecule has 0 unspecified atom stereocenters. The van der Waals surface area contributed by atoms with Crippen molar-refractivity contribution in [3.05, 3.63) is 52.5 Å². The summed E-state index contributed by atoms with van der Waals surface area (Å²) in [7, 11) is 0. The van der Waals surface area contributed by atoms with Crippen LogP contribution in [0.4, 0.5) is 5.69 Å². The van der Waals surface area contributed by atoms with Crippen LogP contribution in [0.5, 0.6) is 0 Å². The van der Waals surface area contributed by atoms with Crippen molar-refractivity contribution in [2.75, 3.05) is 5.73 Å². The Balaban J connectivity index is 2.38. The van der Waals surface area contributed by atoms with E-state index in [4.69, 9.17) is 5.73 Å². The van der Waals surface area contributed by atoms with E-state index in [1.807, 2.05) is 30.3 Å². The first-order chi connectivity index (χ1) is 7.68. The average molecular weight is 294 g/mol. The summed E-state index contributed by atoms with van der Waals surface area (Å²) in [6, 6.07) is 14.2. The van der Waals surface area contributed by atoms with Crippen molar-refractivity contribution in [3.8, 4) is 0 Å². The number of halogens is 1. The molecule has 0 aliphatic carbocycles. The Morgan fingerprint density at radius 1 is 1.06 bits per heavy atom. The second-order valence-corrected chi connectivity index (χ2v) is 5.43. The van der Waals surface area contributed by atoms with Crippen molar-refractivity contribution >= 4 is 33.4 Å². The number of hydrogen-bond acceptors (Lipinski definition) is 2. The quantitative estimate of drug-likeness (QED) is 0.826. The molecule has 0 atom stereocenters. The Morgan fingerprint density at radius 3 is 2.50 bits per heavy atom. The highest BCUT2D eigenvalue weighted by Crippen LogP contribution is 2.37. The zero-order valence-corrected chi connectivity index (χ0v) is 11.3. The molecule has 0 aliphatic heterocycles. The summed E-state index contributed by atoms with van der Waals surface area (Å²) in [5.41, 5.74) is 8.03. The fourth-order valence-corrected chi connectivity index (χ4v) is 2.93. The van der Waals surface area contributed by atoms with Gasteiger partial charge in [-0.3, -0.25) is 0 Å². The minimum atomic E-state index is 0.834. The minimum absolute atomic E-state index is 0.834. The normalized spacial score (nSPS) is 10.4. The fraction of sp³-hybridized carbons (Fsp3) is 0.0769. The molecular formula is C13H12BrNS. The molecule has 0 radical (unpaired) electrons. The lowest BCUT2D eigenvalue weighted by Crippen LogP contribution is -1.90. The van der Waals surface area contributed by atoms with Crippen LogP contribution >= 0.6 is 27.7 Å². The Hall–Kier alpha value is -0.930. The number of nitrogens with two attached hydrogens (primary N) is 1. The predicted octanol–water partition coefficient (Wildman–Crippen LogP) is 4.49. The van der Waals surface area contributed by atoms with E-state index in [0.29, 0.717) is 0 Å². The maximum absolute atomic E-state index is 5.98. The summed E-state index contributed by atoms with van der Waals surface area (Å²) < 4.78 is 1.10. The molecule has 2 rings (SSSR count). The van der Waals surface area contributed by atoms with Crippen LogP contribution in [0.3, 0.4) is 0 Å². The number of benzene rings is 2. The lowest BCUT2D eigenvalue weighted by Gasteiger charge is -2.09. The number of rotatable bonds is 2. The van der Waals surface area contributed by atoms with Gasteiger partial charge in [-0.1, -0.05) is 36.0 Å². The van der Waals surface area contributed by atoms with Gasteiger partial charge in [0.05, 0.1) is 0 Å². The SMILES string of the molecule is Cc1cccc(N)c1Sc1ccccc1Br. The zero-order valence-electron chi connectivity index (χ0n) is 8.91. The molecule has 0 aromatic heterocycles. The van der Waals surface area contributed by atoms with Crippen LogP contribution in [-0.4, -0.2) is 0 Å². The summed E-state index contributed by atoms with van der Waals surface area (Å²) in [6.07, 6.45) is 0. The molecule has 0 saturated heterocycles. The molecule has 3 heteroatoms. The van der Waals surface area contributed by atoms with Crippen molar-refractivity contribution in [3.63, 3.8) is 0 Å². The molecule has 0 fully saturated rings. The largest absolute Gasteiger partial charge is 0.398 e. The van der Waals surface area contributed by atoms with Gasteiger partial charge in [0, 0.05) is 20.0 Å². The minimum Gasteiger partial charge on any atom is -0.398 e. The van der Waals surface area contributed by atoms with Crippen molar-refractivity contribution < 1.29 is 0 Å². The molecule has 2 aromatic rings. The van der Waals surface area contributed by atoms with Gasteiger partial charge in [0.1, 0.15) is 0 Å². The Kier molecular flexibility index (Phi) is 3.56. The highest BCUT2D eigenvalue weighted by Gasteiger charge is 2.06. The van der Waals surface area contributed by atoms with Crippen molar-refractivity contribution in [1.29, 1.82) is 0 Å². The summed E-state index contributed by atoms with van der Waals surface area (Å²) in [5.74, 6) is 0. The van der Waals surface area contributed by atoms with Crippen LogP contribution in [0.15, 0.2) is 56.7 Å². The monoisotopic (exact) mass is 293 g/mol. The van der Waals surface area contributed by atoms with E-state index in [0.717, 1.165) is 15.1 Å². The van der Waals surface area contributed by atoms with E-state index in [2.05, 4.69) is 35.0 Å². The van der Waals surface area contributed by atoms with Gasteiger partial charge < -0.3 is 5.73 Å². The molecule has 0 saturated carbocycles. The molecule has 1 nitrogen and oxygen atoms in total. The smallest absolute Gasteiger partial charge is 0.0458 e. The first-order valence-electron chi connectivity index (χ1n) is 4.96. The van der Waals surface area contributed by atoms with E-state index < -0.39 is 0 Å². The third kappa shape index (κ3) is 2.42. The average Bonchev–Trinajstić information content (AvgIpc) is 2.26. The van der Waals surface area contributed by atoms with Gasteiger partial charge in [0.15, 0.2) is 0 Å². The Bertz CT molecular complexity index is 491. The molecule has 16 heavy (non-hydrogen) atoms. The number of hydrogen-bond donors (Lipinski definition) is 1. The maximum Gasteiger partial charge on any atom is 0.0458 e. The number of nitrogen functional groups attached to an aromatic ring is 1. The highest BCUT2D eigenvalue weighted by molar-refractivity contribution is 9.10. The van der Waals surface area contributed by atoms with E-state index >= 15 is 0 Å². The fourth-order valence-electron chi connectivity index (χ4n) is 1.45. The molecule has 0 heterocycles. The Morgan fingerprint density at radius 2 is 1.81 bits per heavy atom. The third-order valence-corrected chi connectivity index (χ3v) is 4.58. The van der Waals surface area contributed by atoms with Crippen LogP contribution in [0.25, 0.3) is 0 Å². The molecule has 2 aromatic carbocycles. The van der Waals surface area contributed by atoms with Gasteiger partial charge in [-0.15, -0.1) is 0 Å². The molecule has 82 valence electrons. The second-order valence-electron chi connectivity index (χ2n) is 3.53. The summed E-state index contributed by atoms with van der Waals surface area (Å²) in [4.78, 5) is 2.32. The molecule has 2 N–H and O–H groups in total. The van der Waals surface area contributed by atoms with Crippen LogP contribution in [0.2, 0.25) is 0 Å². The zero-order chi connectivity index (χ0) is 11.5. The van der Waals surface area contributed by atoms with Gasteiger partial charge in [0.2, 0.25) is 0 Å². The maximum atomic E-state index is 5.98. The predicted molar refractivity (Wildman–Crippen MR) is 73.9 cm³/mol. The summed E-state index contributed by atoms with van der Waals surface area (Å²) in [6.45, 7) is 2.08. The van der Waals surface area contributed by atoms with Crippen LogP contribution in [0, 0.1) is 6.92 Å². The molecule has 0 bridgehead atoms. The van der Waals surface area contributed by atoms with E-state index in [-0.39, 0.29) is 0 Å². The number of anilines is 1. The van der Waals surface area contributed by atoms with Gasteiger partial charge in [0.25, 0.3) is 0 Å². The first-order valence-corrected chi connectivity index (χ1v) is 6.57. The van der Waals surface area contributed by atoms with E-state index in [9.17, 15) is 0 Å². The topological polar surface area (TPSA) is 26.0 Å². The first kappa shape index (κ1) is 11.6.